The number of hydrogen-bond acceptors (Lipinski definition) is 2. The molecule has 1 atom stereocenters. The van der Waals surface area contributed by atoms with Crippen LogP contribution in [0.4, 0.5) is 0 Å². The molecule has 0 saturated heterocycles. The first-order valence-corrected chi connectivity index (χ1v) is 7.09. The van der Waals surface area contributed by atoms with E-state index in [0.29, 0.717) is 11.1 Å². The second kappa shape index (κ2) is 4.75. The zero-order valence-electron chi connectivity index (χ0n) is 9.34. The van der Waals surface area contributed by atoms with Gasteiger partial charge in [0.25, 0.3) is 0 Å². The van der Waals surface area contributed by atoms with Crippen LogP contribution < -0.4 is 0 Å². The van der Waals surface area contributed by atoms with E-state index in [-0.39, 0.29) is 0 Å². The molecule has 17 heavy (non-hydrogen) atoms. The smallest absolute Gasteiger partial charge is 0.123 e. The lowest BCUT2D eigenvalue weighted by Crippen LogP contribution is -2.13. The lowest BCUT2D eigenvalue weighted by molar-refractivity contribution is 0.642. The normalized spacial score (nSPS) is 18.3. The number of thioether (sulfide) groups is 1. The Kier molecular flexibility index (Phi) is 3.12. The van der Waals surface area contributed by atoms with Gasteiger partial charge in [-0.1, -0.05) is 18.2 Å². The number of rotatable bonds is 3. The van der Waals surface area contributed by atoms with Gasteiger partial charge < -0.3 is 4.57 Å². The molecule has 1 aliphatic heterocycles. The molecule has 2 nitrogen and oxygen atoms in total. The van der Waals surface area contributed by atoms with Crippen molar-refractivity contribution in [3.8, 4) is 0 Å². The molecule has 1 aromatic heterocycles. The van der Waals surface area contributed by atoms with E-state index in [4.69, 9.17) is 11.6 Å². The van der Waals surface area contributed by atoms with Gasteiger partial charge in [-0.05, 0) is 18.1 Å². The van der Waals surface area contributed by atoms with Crippen LogP contribution in [0.25, 0.3) is 0 Å². The number of hydrogen-bond donors (Lipinski definition) is 0. The summed E-state index contributed by atoms with van der Waals surface area (Å²) in [6.07, 6.45) is 4.98. The molecule has 0 fully saturated rings. The Morgan fingerprint density at radius 3 is 3.12 bits per heavy atom. The van der Waals surface area contributed by atoms with Crippen LogP contribution in [-0.2, 0) is 18.8 Å². The average Bonchev–Trinajstić information content (AvgIpc) is 2.94. The van der Waals surface area contributed by atoms with Gasteiger partial charge in [0, 0.05) is 29.1 Å². The number of alkyl halides is 1. The highest BCUT2D eigenvalue weighted by molar-refractivity contribution is 8.00. The predicted molar refractivity (Wildman–Crippen MR) is 71.6 cm³/mol. The molecule has 0 aliphatic carbocycles. The molecule has 2 aromatic rings. The predicted octanol–water partition coefficient (Wildman–Crippen LogP) is 3.34. The van der Waals surface area contributed by atoms with Crippen LogP contribution in [0.2, 0.25) is 0 Å². The molecular formula is C13H13ClN2S. The molecule has 4 heteroatoms. The third kappa shape index (κ3) is 2.22. The third-order valence-electron chi connectivity index (χ3n) is 3.04. The van der Waals surface area contributed by atoms with Crippen molar-refractivity contribution < 1.29 is 0 Å². The Labute approximate surface area is 110 Å². The number of aromatic nitrogens is 2. The Bertz CT molecular complexity index is 499. The van der Waals surface area contributed by atoms with Gasteiger partial charge in [0.2, 0.25) is 0 Å². The summed E-state index contributed by atoms with van der Waals surface area (Å²) in [6.45, 7) is 0.987. The minimum Gasteiger partial charge on any atom is -0.333 e. The topological polar surface area (TPSA) is 17.8 Å². The zero-order chi connectivity index (χ0) is 11.7. The Hall–Kier alpha value is -0.930. The first-order valence-electron chi connectivity index (χ1n) is 5.67. The zero-order valence-corrected chi connectivity index (χ0v) is 10.9. The van der Waals surface area contributed by atoms with E-state index in [2.05, 4.69) is 33.8 Å². The van der Waals surface area contributed by atoms with Gasteiger partial charge in [-0.2, -0.15) is 0 Å². The van der Waals surface area contributed by atoms with E-state index in [0.717, 1.165) is 18.8 Å². The molecule has 0 N–H and O–H groups in total. The summed E-state index contributed by atoms with van der Waals surface area (Å²) in [4.78, 5) is 5.67. The van der Waals surface area contributed by atoms with Crippen molar-refractivity contribution in [2.45, 2.75) is 29.0 Å². The minimum absolute atomic E-state index is 0.483. The van der Waals surface area contributed by atoms with Crippen LogP contribution in [0.1, 0.15) is 11.4 Å². The van der Waals surface area contributed by atoms with Crippen molar-refractivity contribution in [3.63, 3.8) is 0 Å². The van der Waals surface area contributed by atoms with Gasteiger partial charge in [-0.15, -0.1) is 23.4 Å². The van der Waals surface area contributed by atoms with E-state index in [9.17, 15) is 0 Å². The fraction of sp³-hybridized carbons (Fsp3) is 0.308. The Morgan fingerprint density at radius 2 is 2.29 bits per heavy atom. The van der Waals surface area contributed by atoms with Crippen LogP contribution in [0, 0.1) is 0 Å². The molecule has 0 spiro atoms. The van der Waals surface area contributed by atoms with Gasteiger partial charge in [-0.3, -0.25) is 0 Å². The first-order chi connectivity index (χ1) is 8.36. The lowest BCUT2D eigenvalue weighted by Gasteiger charge is -2.11. The minimum atomic E-state index is 0.483. The van der Waals surface area contributed by atoms with Crippen molar-refractivity contribution in [1.29, 1.82) is 0 Å². The van der Waals surface area contributed by atoms with Crippen molar-refractivity contribution in [3.05, 3.63) is 48.0 Å². The van der Waals surface area contributed by atoms with Crippen molar-refractivity contribution in [2.75, 3.05) is 0 Å². The molecular weight excluding hydrogens is 252 g/mol. The second-order valence-corrected chi connectivity index (χ2v) is 5.79. The molecule has 1 unspecified atom stereocenters. The van der Waals surface area contributed by atoms with Crippen molar-refractivity contribution in [2.24, 2.45) is 0 Å². The summed E-state index contributed by atoms with van der Waals surface area (Å²) in [5.74, 6) is 1.44. The summed E-state index contributed by atoms with van der Waals surface area (Å²) in [5.41, 5.74) is 1.47. The van der Waals surface area contributed by atoms with Crippen LogP contribution >= 0.6 is 23.4 Å². The summed E-state index contributed by atoms with van der Waals surface area (Å²) in [6, 6.07) is 8.65. The molecule has 0 bridgehead atoms. The van der Waals surface area contributed by atoms with Gasteiger partial charge in [0.05, 0.1) is 5.88 Å². The molecule has 0 radical (unpaired) electrons. The molecule has 88 valence electrons. The van der Waals surface area contributed by atoms with E-state index < -0.39 is 0 Å². The SMILES string of the molecule is ClCc1nccn1CC1Cc2ccccc2S1. The molecule has 3 rings (SSSR count). The maximum atomic E-state index is 5.86. The molecule has 0 saturated carbocycles. The van der Waals surface area contributed by atoms with Crippen LogP contribution in [0.3, 0.4) is 0 Å². The van der Waals surface area contributed by atoms with E-state index in [1.165, 1.54) is 10.5 Å². The summed E-state index contributed by atoms with van der Waals surface area (Å²) < 4.78 is 2.16. The Morgan fingerprint density at radius 1 is 1.41 bits per heavy atom. The highest BCUT2D eigenvalue weighted by Gasteiger charge is 2.22. The number of fused-ring (bicyclic) bond motifs is 1. The first kappa shape index (κ1) is 11.2. The second-order valence-electron chi connectivity index (χ2n) is 4.18. The maximum Gasteiger partial charge on any atom is 0.123 e. The Balaban J connectivity index is 1.74. The average molecular weight is 265 g/mol. The maximum absolute atomic E-state index is 5.86. The van der Waals surface area contributed by atoms with Gasteiger partial charge in [-0.25, -0.2) is 4.98 Å². The highest BCUT2D eigenvalue weighted by atomic mass is 35.5. The third-order valence-corrected chi connectivity index (χ3v) is 4.58. The van der Waals surface area contributed by atoms with Gasteiger partial charge in [0.15, 0.2) is 0 Å². The van der Waals surface area contributed by atoms with Crippen molar-refractivity contribution >= 4 is 23.4 Å². The van der Waals surface area contributed by atoms with Crippen molar-refractivity contribution in [1.82, 2.24) is 9.55 Å². The number of halogens is 1. The van der Waals surface area contributed by atoms with Crippen LogP contribution in [0.15, 0.2) is 41.6 Å². The largest absolute Gasteiger partial charge is 0.333 e. The number of nitrogens with zero attached hydrogens (tertiary/aromatic N) is 2. The van der Waals surface area contributed by atoms with E-state index >= 15 is 0 Å². The quantitative estimate of drug-likeness (QED) is 0.792. The van der Waals surface area contributed by atoms with E-state index in [1.54, 1.807) is 0 Å². The van der Waals surface area contributed by atoms with Gasteiger partial charge >= 0.3 is 0 Å². The lowest BCUT2D eigenvalue weighted by atomic mass is 10.1. The highest BCUT2D eigenvalue weighted by Crippen LogP contribution is 2.37. The number of benzene rings is 1. The summed E-state index contributed by atoms with van der Waals surface area (Å²) >= 11 is 7.82. The molecule has 2 heterocycles. The van der Waals surface area contributed by atoms with Crippen LogP contribution in [0.5, 0.6) is 0 Å². The molecule has 0 amide bonds. The molecule has 1 aliphatic rings. The molecule has 1 aromatic carbocycles. The summed E-state index contributed by atoms with van der Waals surface area (Å²) in [7, 11) is 0. The standard InChI is InChI=1S/C13H13ClN2S/c14-8-13-15-5-6-16(13)9-11-7-10-3-1-2-4-12(10)17-11/h1-6,11H,7-9H2. The monoisotopic (exact) mass is 264 g/mol. The van der Waals surface area contributed by atoms with Gasteiger partial charge in [0.1, 0.15) is 5.82 Å². The van der Waals surface area contributed by atoms with Crippen LogP contribution in [-0.4, -0.2) is 14.8 Å². The van der Waals surface area contributed by atoms with E-state index in [1.807, 2.05) is 24.2 Å². The summed E-state index contributed by atoms with van der Waals surface area (Å²) in [5, 5.41) is 0.601. The fourth-order valence-corrected chi connectivity index (χ4v) is 3.75. The fourth-order valence-electron chi connectivity index (χ4n) is 2.21. The number of imidazole rings is 1.